The predicted molar refractivity (Wildman–Crippen MR) is 102 cm³/mol. The summed E-state index contributed by atoms with van der Waals surface area (Å²) in [5.74, 6) is 1.63. The van der Waals surface area contributed by atoms with E-state index < -0.39 is 0 Å². The predicted octanol–water partition coefficient (Wildman–Crippen LogP) is 3.45. The van der Waals surface area contributed by atoms with E-state index >= 15 is 0 Å². The van der Waals surface area contributed by atoms with Crippen LogP contribution in [0.3, 0.4) is 0 Å². The molecule has 1 N–H and O–H groups in total. The molecule has 5 rings (SSSR count). The Morgan fingerprint density at radius 2 is 1.92 bits per heavy atom. The summed E-state index contributed by atoms with van der Waals surface area (Å²) in [6.45, 7) is 0. The van der Waals surface area contributed by atoms with Crippen molar-refractivity contribution in [3.63, 3.8) is 0 Å². The van der Waals surface area contributed by atoms with Gasteiger partial charge in [0.05, 0.1) is 11.7 Å². The van der Waals surface area contributed by atoms with Crippen LogP contribution < -0.4 is 10.9 Å². The monoisotopic (exact) mass is 371 g/mol. The number of anilines is 1. The lowest BCUT2D eigenvalue weighted by Gasteiger charge is -2.29. The SMILES string of the molecule is O=c1cc2c(nn1C1CCC(Nc3nc(C4CCC4)ns3)CC1)CCC2. The molecule has 0 aromatic carbocycles. The van der Waals surface area contributed by atoms with E-state index in [1.807, 2.05) is 6.07 Å². The highest BCUT2D eigenvalue weighted by atomic mass is 32.1. The van der Waals surface area contributed by atoms with Crippen LogP contribution in [0.5, 0.6) is 0 Å². The van der Waals surface area contributed by atoms with Gasteiger partial charge in [0.25, 0.3) is 5.56 Å². The van der Waals surface area contributed by atoms with Gasteiger partial charge in [-0.25, -0.2) is 9.67 Å². The van der Waals surface area contributed by atoms with E-state index in [1.165, 1.54) is 36.4 Å². The molecule has 0 bridgehead atoms. The van der Waals surface area contributed by atoms with Crippen molar-refractivity contribution in [2.24, 2.45) is 0 Å². The molecule has 2 aromatic rings. The minimum atomic E-state index is 0.0799. The third-order valence-electron chi connectivity index (χ3n) is 6.26. The summed E-state index contributed by atoms with van der Waals surface area (Å²) < 4.78 is 6.29. The zero-order valence-corrected chi connectivity index (χ0v) is 15.8. The number of nitrogens with one attached hydrogen (secondary N) is 1. The quantitative estimate of drug-likeness (QED) is 0.891. The molecule has 2 fully saturated rings. The van der Waals surface area contributed by atoms with Gasteiger partial charge >= 0.3 is 0 Å². The molecule has 0 amide bonds. The molecule has 138 valence electrons. The van der Waals surface area contributed by atoms with Crippen molar-refractivity contribution in [2.45, 2.75) is 82.2 Å². The van der Waals surface area contributed by atoms with Crippen molar-refractivity contribution in [2.75, 3.05) is 5.32 Å². The molecule has 0 atom stereocenters. The third kappa shape index (κ3) is 3.06. The lowest BCUT2D eigenvalue weighted by Crippen LogP contribution is -2.33. The van der Waals surface area contributed by atoms with Gasteiger partial charge in [0.1, 0.15) is 5.82 Å². The fourth-order valence-electron chi connectivity index (χ4n) is 4.44. The van der Waals surface area contributed by atoms with Crippen molar-refractivity contribution >= 4 is 16.7 Å². The lowest BCUT2D eigenvalue weighted by molar-refractivity contribution is 0.302. The van der Waals surface area contributed by atoms with Crippen LogP contribution in [0.4, 0.5) is 5.13 Å². The molecule has 2 aromatic heterocycles. The van der Waals surface area contributed by atoms with E-state index in [-0.39, 0.29) is 11.6 Å². The molecule has 0 aliphatic heterocycles. The Balaban J connectivity index is 1.21. The molecule has 0 spiro atoms. The van der Waals surface area contributed by atoms with Crippen molar-refractivity contribution in [1.82, 2.24) is 19.1 Å². The molecular formula is C19H25N5OS. The highest BCUT2D eigenvalue weighted by molar-refractivity contribution is 7.09. The minimum Gasteiger partial charge on any atom is -0.358 e. The smallest absolute Gasteiger partial charge is 0.267 e. The Morgan fingerprint density at radius 1 is 1.08 bits per heavy atom. The van der Waals surface area contributed by atoms with Gasteiger partial charge in [0.15, 0.2) is 0 Å². The van der Waals surface area contributed by atoms with E-state index in [4.69, 9.17) is 0 Å². The molecule has 0 radical (unpaired) electrons. The van der Waals surface area contributed by atoms with Crippen LogP contribution >= 0.6 is 11.5 Å². The molecule has 2 heterocycles. The van der Waals surface area contributed by atoms with E-state index in [0.717, 1.165) is 61.6 Å². The summed E-state index contributed by atoms with van der Waals surface area (Å²) in [6.07, 6.45) is 11.1. The molecule has 0 saturated heterocycles. The van der Waals surface area contributed by atoms with Crippen LogP contribution in [0, 0.1) is 0 Å². The zero-order chi connectivity index (χ0) is 17.5. The average molecular weight is 372 g/mol. The van der Waals surface area contributed by atoms with E-state index in [0.29, 0.717) is 12.0 Å². The Hall–Kier alpha value is -1.76. The summed E-state index contributed by atoms with van der Waals surface area (Å²) in [6, 6.07) is 2.49. The molecule has 2 saturated carbocycles. The number of aryl methyl sites for hydroxylation is 2. The summed E-state index contributed by atoms with van der Waals surface area (Å²) in [5.41, 5.74) is 2.39. The highest BCUT2D eigenvalue weighted by Crippen LogP contribution is 2.36. The second-order valence-electron chi connectivity index (χ2n) is 7.99. The average Bonchev–Trinajstić information content (AvgIpc) is 3.23. The topological polar surface area (TPSA) is 72.7 Å². The van der Waals surface area contributed by atoms with Gasteiger partial charge in [0, 0.05) is 29.6 Å². The van der Waals surface area contributed by atoms with Crippen molar-refractivity contribution in [1.29, 1.82) is 0 Å². The zero-order valence-electron chi connectivity index (χ0n) is 15.0. The van der Waals surface area contributed by atoms with Gasteiger partial charge in [0.2, 0.25) is 5.13 Å². The largest absolute Gasteiger partial charge is 0.358 e. The minimum absolute atomic E-state index is 0.0799. The highest BCUT2D eigenvalue weighted by Gasteiger charge is 2.27. The van der Waals surface area contributed by atoms with Gasteiger partial charge in [-0.3, -0.25) is 4.79 Å². The molecule has 0 unspecified atom stereocenters. The van der Waals surface area contributed by atoms with Crippen molar-refractivity contribution < 1.29 is 0 Å². The Bertz CT molecular complexity index is 848. The van der Waals surface area contributed by atoms with Crippen LogP contribution in [-0.2, 0) is 12.8 Å². The standard InChI is InChI=1S/C19H25N5OS/c25-17-11-13-5-2-6-16(13)22-24(17)15-9-7-14(8-10-15)20-19-21-18(23-26-19)12-3-1-4-12/h11-12,14-15H,1-10H2,(H,20,21,23). The number of aromatic nitrogens is 4. The fourth-order valence-corrected chi connectivity index (χ4v) is 5.17. The van der Waals surface area contributed by atoms with E-state index in [1.54, 1.807) is 4.68 Å². The van der Waals surface area contributed by atoms with Gasteiger partial charge in [-0.15, -0.1) is 0 Å². The number of fused-ring (bicyclic) bond motifs is 1. The lowest BCUT2D eigenvalue weighted by atomic mass is 9.85. The van der Waals surface area contributed by atoms with Crippen LogP contribution in [0.2, 0.25) is 0 Å². The molecule has 3 aliphatic carbocycles. The maximum Gasteiger partial charge on any atom is 0.267 e. The first kappa shape index (κ1) is 16.4. The number of rotatable bonds is 4. The second kappa shape index (κ2) is 6.76. The maximum absolute atomic E-state index is 12.4. The molecule has 7 heteroatoms. The van der Waals surface area contributed by atoms with Gasteiger partial charge in [-0.2, -0.15) is 9.47 Å². The van der Waals surface area contributed by atoms with E-state index in [2.05, 4.69) is 19.8 Å². The van der Waals surface area contributed by atoms with Gasteiger partial charge in [-0.05, 0) is 63.4 Å². The van der Waals surface area contributed by atoms with Gasteiger partial charge < -0.3 is 5.32 Å². The fraction of sp³-hybridized carbons (Fsp3) is 0.684. The normalized spacial score (nSPS) is 25.7. The van der Waals surface area contributed by atoms with Crippen LogP contribution in [0.1, 0.15) is 80.4 Å². The first-order chi connectivity index (χ1) is 12.8. The molecule has 6 nitrogen and oxygen atoms in total. The molecule has 26 heavy (non-hydrogen) atoms. The molecule has 3 aliphatic rings. The molecular weight excluding hydrogens is 346 g/mol. The summed E-state index contributed by atoms with van der Waals surface area (Å²) in [5, 5.41) is 9.22. The van der Waals surface area contributed by atoms with Crippen molar-refractivity contribution in [3.05, 3.63) is 33.5 Å². The summed E-state index contributed by atoms with van der Waals surface area (Å²) in [7, 11) is 0. The Morgan fingerprint density at radius 3 is 2.69 bits per heavy atom. The van der Waals surface area contributed by atoms with Crippen LogP contribution in [0.15, 0.2) is 10.9 Å². The van der Waals surface area contributed by atoms with Crippen LogP contribution in [-0.4, -0.2) is 25.2 Å². The Kier molecular flexibility index (Phi) is 4.27. The van der Waals surface area contributed by atoms with E-state index in [9.17, 15) is 4.79 Å². The third-order valence-corrected chi connectivity index (χ3v) is 6.92. The number of hydrogen-bond donors (Lipinski definition) is 1. The summed E-state index contributed by atoms with van der Waals surface area (Å²) in [4.78, 5) is 17.1. The van der Waals surface area contributed by atoms with Gasteiger partial charge in [-0.1, -0.05) is 6.42 Å². The number of nitrogens with zero attached hydrogens (tertiary/aromatic N) is 4. The number of hydrogen-bond acceptors (Lipinski definition) is 6. The first-order valence-corrected chi connectivity index (χ1v) is 10.8. The summed E-state index contributed by atoms with van der Waals surface area (Å²) >= 11 is 1.49. The van der Waals surface area contributed by atoms with Crippen molar-refractivity contribution in [3.8, 4) is 0 Å². The second-order valence-corrected chi connectivity index (χ2v) is 8.74. The maximum atomic E-state index is 12.4. The Labute approximate surface area is 157 Å². The first-order valence-electron chi connectivity index (χ1n) is 9.98. The van der Waals surface area contributed by atoms with Crippen LogP contribution in [0.25, 0.3) is 0 Å².